The fourth-order valence-electron chi connectivity index (χ4n) is 2.63. The number of nitrogens with zero attached hydrogens (tertiary/aromatic N) is 2. The van der Waals surface area contributed by atoms with Crippen molar-refractivity contribution in [3.63, 3.8) is 0 Å². The number of rotatable bonds is 7. The van der Waals surface area contributed by atoms with Crippen molar-refractivity contribution in [1.82, 2.24) is 4.57 Å². The van der Waals surface area contributed by atoms with E-state index in [2.05, 4.69) is 4.99 Å². The lowest BCUT2D eigenvalue weighted by molar-refractivity contribution is -0.143. The molecular formula is C20H18Cl2N2O3S2. The highest BCUT2D eigenvalue weighted by atomic mass is 35.5. The van der Waals surface area contributed by atoms with Gasteiger partial charge in [0.25, 0.3) is 0 Å². The summed E-state index contributed by atoms with van der Waals surface area (Å²) in [5.41, 5.74) is 0.610. The predicted molar refractivity (Wildman–Crippen MR) is 119 cm³/mol. The zero-order chi connectivity index (χ0) is 20.8. The molecule has 0 aliphatic carbocycles. The first-order valence-corrected chi connectivity index (χ1v) is 11.4. The van der Waals surface area contributed by atoms with Gasteiger partial charge in [-0.25, -0.2) is 0 Å². The zero-order valence-corrected chi connectivity index (χ0v) is 18.7. The lowest BCUT2D eigenvalue weighted by atomic mass is 10.3. The SMILES string of the molecule is CCOC(=O)Cn1c(=NC(=O)CCSc2ccccc2)sc2cc(Cl)cc(Cl)c21. The molecule has 0 saturated heterocycles. The summed E-state index contributed by atoms with van der Waals surface area (Å²) in [6, 6.07) is 13.2. The number of esters is 1. The van der Waals surface area contributed by atoms with Crippen molar-refractivity contribution >= 4 is 68.4 Å². The van der Waals surface area contributed by atoms with Gasteiger partial charge in [0.1, 0.15) is 6.54 Å². The first-order chi connectivity index (χ1) is 14.0. The van der Waals surface area contributed by atoms with Crippen molar-refractivity contribution in [3.05, 3.63) is 57.3 Å². The molecule has 0 aliphatic heterocycles. The van der Waals surface area contributed by atoms with Crippen molar-refractivity contribution in [3.8, 4) is 0 Å². The van der Waals surface area contributed by atoms with Crippen LogP contribution in [-0.2, 0) is 20.9 Å². The minimum atomic E-state index is -0.424. The van der Waals surface area contributed by atoms with Gasteiger partial charge in [0.15, 0.2) is 4.80 Å². The molecule has 9 heteroatoms. The molecule has 0 spiro atoms. The van der Waals surface area contributed by atoms with Crippen LogP contribution in [0.15, 0.2) is 52.4 Å². The number of hydrogen-bond acceptors (Lipinski definition) is 5. The van der Waals surface area contributed by atoms with Gasteiger partial charge in [-0.05, 0) is 31.2 Å². The number of hydrogen-bond donors (Lipinski definition) is 0. The molecule has 1 heterocycles. The molecule has 0 fully saturated rings. The van der Waals surface area contributed by atoms with Gasteiger partial charge in [0, 0.05) is 22.1 Å². The smallest absolute Gasteiger partial charge is 0.326 e. The van der Waals surface area contributed by atoms with Crippen LogP contribution in [0.2, 0.25) is 10.0 Å². The molecule has 0 unspecified atom stereocenters. The Kier molecular flexibility index (Phi) is 7.77. The summed E-state index contributed by atoms with van der Waals surface area (Å²) in [6.07, 6.45) is 0.279. The topological polar surface area (TPSA) is 60.7 Å². The van der Waals surface area contributed by atoms with E-state index < -0.39 is 5.97 Å². The van der Waals surface area contributed by atoms with Crippen molar-refractivity contribution in [1.29, 1.82) is 0 Å². The Morgan fingerprint density at radius 2 is 1.97 bits per heavy atom. The van der Waals surface area contributed by atoms with E-state index in [9.17, 15) is 9.59 Å². The molecule has 5 nitrogen and oxygen atoms in total. The van der Waals surface area contributed by atoms with Crippen LogP contribution in [0.3, 0.4) is 0 Å². The number of carbonyl (C=O) groups is 2. The van der Waals surface area contributed by atoms with Gasteiger partial charge in [0.05, 0.1) is 21.8 Å². The summed E-state index contributed by atoms with van der Waals surface area (Å²) < 4.78 is 7.40. The van der Waals surface area contributed by atoms with Crippen LogP contribution in [0.25, 0.3) is 10.2 Å². The average Bonchev–Trinajstić information content (AvgIpc) is 2.99. The molecule has 1 amide bonds. The molecule has 0 N–H and O–H groups in total. The predicted octanol–water partition coefficient (Wildman–Crippen LogP) is 5.18. The lowest BCUT2D eigenvalue weighted by Gasteiger charge is -2.06. The van der Waals surface area contributed by atoms with E-state index in [4.69, 9.17) is 27.9 Å². The first kappa shape index (κ1) is 21.9. The maximum atomic E-state index is 12.4. The van der Waals surface area contributed by atoms with E-state index in [-0.39, 0.29) is 25.5 Å². The molecule has 2 aromatic carbocycles. The quantitative estimate of drug-likeness (QED) is 0.353. The second kappa shape index (κ2) is 10.3. The third-order valence-corrected chi connectivity index (χ3v) is 6.38. The van der Waals surface area contributed by atoms with Crippen molar-refractivity contribution in [2.24, 2.45) is 4.99 Å². The van der Waals surface area contributed by atoms with E-state index in [1.807, 2.05) is 30.3 Å². The number of thiazole rings is 1. The number of fused-ring (bicyclic) bond motifs is 1. The lowest BCUT2D eigenvalue weighted by Crippen LogP contribution is -2.23. The summed E-state index contributed by atoms with van der Waals surface area (Å²) >= 11 is 15.3. The van der Waals surface area contributed by atoms with Gasteiger partial charge in [-0.1, -0.05) is 52.7 Å². The average molecular weight is 469 g/mol. The fraction of sp³-hybridized carbons (Fsp3) is 0.250. The number of ether oxygens (including phenoxy) is 1. The van der Waals surface area contributed by atoms with E-state index in [0.29, 0.717) is 26.1 Å². The van der Waals surface area contributed by atoms with Gasteiger partial charge in [-0.3, -0.25) is 9.59 Å². The van der Waals surface area contributed by atoms with Crippen LogP contribution in [0, 0.1) is 0 Å². The van der Waals surface area contributed by atoms with Crippen LogP contribution in [0.5, 0.6) is 0 Å². The molecular weight excluding hydrogens is 451 g/mol. The van der Waals surface area contributed by atoms with Crippen LogP contribution in [0.4, 0.5) is 0 Å². The monoisotopic (exact) mass is 468 g/mol. The summed E-state index contributed by atoms with van der Waals surface area (Å²) in [5, 5.41) is 0.866. The Labute approximate surface area is 186 Å². The zero-order valence-electron chi connectivity index (χ0n) is 15.6. The second-order valence-electron chi connectivity index (χ2n) is 5.93. The number of thioether (sulfide) groups is 1. The van der Waals surface area contributed by atoms with Crippen LogP contribution >= 0.6 is 46.3 Å². The van der Waals surface area contributed by atoms with Crippen LogP contribution < -0.4 is 4.80 Å². The van der Waals surface area contributed by atoms with Crippen molar-refractivity contribution < 1.29 is 14.3 Å². The van der Waals surface area contributed by atoms with E-state index >= 15 is 0 Å². The third-order valence-electron chi connectivity index (χ3n) is 3.84. The summed E-state index contributed by atoms with van der Waals surface area (Å²) in [5.74, 6) is -0.0756. The Bertz CT molecular complexity index is 1090. The van der Waals surface area contributed by atoms with E-state index in [1.54, 1.807) is 35.4 Å². The highest BCUT2D eigenvalue weighted by Gasteiger charge is 2.15. The molecule has 0 aliphatic rings. The number of aromatic nitrogens is 1. The molecule has 0 bridgehead atoms. The van der Waals surface area contributed by atoms with Gasteiger partial charge in [-0.15, -0.1) is 11.8 Å². The maximum Gasteiger partial charge on any atom is 0.326 e. The Balaban J connectivity index is 1.86. The van der Waals surface area contributed by atoms with Crippen molar-refractivity contribution in [2.75, 3.05) is 12.4 Å². The Morgan fingerprint density at radius 1 is 1.21 bits per heavy atom. The molecule has 29 heavy (non-hydrogen) atoms. The van der Waals surface area contributed by atoms with Crippen LogP contribution in [-0.4, -0.2) is 28.8 Å². The number of amides is 1. The van der Waals surface area contributed by atoms with E-state index in [0.717, 1.165) is 9.60 Å². The Morgan fingerprint density at radius 3 is 2.69 bits per heavy atom. The minimum Gasteiger partial charge on any atom is -0.465 e. The molecule has 152 valence electrons. The third kappa shape index (κ3) is 5.85. The van der Waals surface area contributed by atoms with Gasteiger partial charge >= 0.3 is 5.97 Å². The number of carbonyl (C=O) groups excluding carboxylic acids is 2. The van der Waals surface area contributed by atoms with E-state index in [1.165, 1.54) is 11.3 Å². The minimum absolute atomic E-state index is 0.0833. The summed E-state index contributed by atoms with van der Waals surface area (Å²) in [6.45, 7) is 1.92. The summed E-state index contributed by atoms with van der Waals surface area (Å²) in [7, 11) is 0. The first-order valence-electron chi connectivity index (χ1n) is 8.87. The van der Waals surface area contributed by atoms with Gasteiger partial charge < -0.3 is 9.30 Å². The molecule has 0 saturated carbocycles. The normalized spacial score (nSPS) is 11.8. The number of halogens is 2. The molecule has 3 rings (SSSR count). The summed E-state index contributed by atoms with van der Waals surface area (Å²) in [4.78, 5) is 30.2. The number of benzene rings is 2. The van der Waals surface area contributed by atoms with Crippen LogP contribution in [0.1, 0.15) is 13.3 Å². The second-order valence-corrected chi connectivity index (χ2v) is 8.95. The highest BCUT2D eigenvalue weighted by molar-refractivity contribution is 7.99. The molecule has 1 aromatic heterocycles. The highest BCUT2D eigenvalue weighted by Crippen LogP contribution is 2.29. The Hall–Kier alpha value is -1.80. The standard InChI is InChI=1S/C20H18Cl2N2O3S2/c1-2-27-18(26)12-24-19-15(22)10-13(21)11-16(19)29-20(24)23-17(25)8-9-28-14-6-4-3-5-7-14/h3-7,10-11H,2,8-9,12H2,1H3. The van der Waals surface area contributed by atoms with Crippen molar-refractivity contribution in [2.45, 2.75) is 24.8 Å². The fourth-order valence-corrected chi connectivity index (χ4v) is 5.32. The molecule has 0 atom stereocenters. The van der Waals surface area contributed by atoms with Gasteiger partial charge in [-0.2, -0.15) is 4.99 Å². The molecule has 0 radical (unpaired) electrons. The molecule has 3 aromatic rings. The largest absolute Gasteiger partial charge is 0.465 e. The maximum absolute atomic E-state index is 12.4. The van der Waals surface area contributed by atoms with Gasteiger partial charge in [0.2, 0.25) is 5.91 Å².